The lowest BCUT2D eigenvalue weighted by molar-refractivity contribution is -0.140. The van der Waals surface area contributed by atoms with E-state index in [0.717, 1.165) is 11.3 Å². The van der Waals surface area contributed by atoms with Crippen LogP contribution in [0.1, 0.15) is 47.2 Å². The summed E-state index contributed by atoms with van der Waals surface area (Å²) in [5, 5.41) is 12.2. The van der Waals surface area contributed by atoms with Crippen molar-refractivity contribution in [2.45, 2.75) is 37.7 Å². The number of rotatable bonds is 12. The Labute approximate surface area is 283 Å². The van der Waals surface area contributed by atoms with Gasteiger partial charge in [-0.05, 0) is 23.8 Å². The average Bonchev–Trinajstić information content (AvgIpc) is 3.41. The third-order valence-electron chi connectivity index (χ3n) is 8.86. The Morgan fingerprint density at radius 2 is 1.67 bits per heavy atom. The summed E-state index contributed by atoms with van der Waals surface area (Å²) in [6.07, 6.45) is -0.0397. The maximum Gasteiger partial charge on any atom is 0.306 e. The molecule has 1 heterocycles. The Hall–Kier alpha value is -4.90. The number of hydrogen-bond acceptors (Lipinski definition) is 11. The molecular weight excluding hydrogens is 644 g/mol. The number of halogens is 1. The molecule has 1 aliphatic carbocycles. The van der Waals surface area contributed by atoms with Crippen LogP contribution in [-0.2, 0) is 20.7 Å². The molecule has 0 radical (unpaired) electrons. The van der Waals surface area contributed by atoms with Crippen molar-refractivity contribution in [2.75, 3.05) is 42.2 Å². The molecule has 254 valence electrons. The molecule has 5 rings (SSSR count). The number of fused-ring (bicyclic) bond motifs is 1. The number of carbonyl (C=O) groups is 3. The van der Waals surface area contributed by atoms with Gasteiger partial charge < -0.3 is 38.3 Å². The molecule has 0 bridgehead atoms. The molecular formula is C36H37ClO11. The Morgan fingerprint density at radius 1 is 0.979 bits per heavy atom. The predicted octanol–water partition coefficient (Wildman–Crippen LogP) is 6.08. The third kappa shape index (κ3) is 5.87. The van der Waals surface area contributed by atoms with E-state index < -0.39 is 40.7 Å². The third-order valence-corrected chi connectivity index (χ3v) is 9.22. The van der Waals surface area contributed by atoms with E-state index in [4.69, 9.17) is 44.8 Å². The van der Waals surface area contributed by atoms with Gasteiger partial charge in [0.15, 0.2) is 28.8 Å². The highest BCUT2D eigenvalue weighted by atomic mass is 35.5. The molecule has 2 aliphatic rings. The summed E-state index contributed by atoms with van der Waals surface area (Å²) < 4.78 is 39.3. The van der Waals surface area contributed by atoms with Crippen molar-refractivity contribution >= 4 is 29.1 Å². The number of esters is 1. The molecule has 0 saturated carbocycles. The lowest BCUT2D eigenvalue weighted by atomic mass is 9.69. The molecule has 3 aromatic rings. The topological polar surface area (TPSA) is 136 Å². The Morgan fingerprint density at radius 3 is 2.29 bits per heavy atom. The fourth-order valence-electron chi connectivity index (χ4n) is 6.34. The van der Waals surface area contributed by atoms with Crippen LogP contribution in [0.4, 0.5) is 0 Å². The molecule has 1 N–H and O–H groups in total. The molecule has 0 aromatic heterocycles. The van der Waals surface area contributed by atoms with E-state index in [-0.39, 0.29) is 58.6 Å². The zero-order valence-electron chi connectivity index (χ0n) is 27.5. The normalized spacial score (nSPS) is 19.0. The van der Waals surface area contributed by atoms with E-state index >= 15 is 0 Å². The van der Waals surface area contributed by atoms with Gasteiger partial charge in [0.05, 0.1) is 48.6 Å². The predicted molar refractivity (Wildman–Crippen MR) is 175 cm³/mol. The summed E-state index contributed by atoms with van der Waals surface area (Å²) in [5.41, 5.74) is -0.871. The Balaban J connectivity index is 1.63. The summed E-state index contributed by atoms with van der Waals surface area (Å²) in [7, 11) is 7.06. The van der Waals surface area contributed by atoms with E-state index in [2.05, 4.69) is 0 Å². The first-order chi connectivity index (χ1) is 23.1. The van der Waals surface area contributed by atoms with Gasteiger partial charge >= 0.3 is 5.97 Å². The summed E-state index contributed by atoms with van der Waals surface area (Å²) in [5.74, 6) is -2.77. The van der Waals surface area contributed by atoms with Gasteiger partial charge in [-0.1, -0.05) is 42.8 Å². The Kier molecular flexibility index (Phi) is 10.1. The second kappa shape index (κ2) is 14.1. The molecule has 0 unspecified atom stereocenters. The number of hydrogen-bond donors (Lipinski definition) is 1. The van der Waals surface area contributed by atoms with Gasteiger partial charge in [-0.3, -0.25) is 14.4 Å². The minimum Gasteiger partial charge on any atom is -0.507 e. The van der Waals surface area contributed by atoms with Gasteiger partial charge in [0, 0.05) is 41.9 Å². The minimum atomic E-state index is -2.04. The smallest absolute Gasteiger partial charge is 0.306 e. The van der Waals surface area contributed by atoms with Crippen molar-refractivity contribution in [2.24, 2.45) is 5.92 Å². The van der Waals surface area contributed by atoms with E-state index in [0.29, 0.717) is 17.7 Å². The molecule has 3 atom stereocenters. The van der Waals surface area contributed by atoms with Crippen molar-refractivity contribution in [3.8, 4) is 34.5 Å². The van der Waals surface area contributed by atoms with Crippen LogP contribution in [0.2, 0.25) is 5.02 Å². The number of para-hydroxylation sites is 1. The maximum absolute atomic E-state index is 14.3. The number of ether oxygens (including phenoxy) is 7. The highest BCUT2D eigenvalue weighted by Gasteiger charge is 2.61. The molecule has 48 heavy (non-hydrogen) atoms. The van der Waals surface area contributed by atoms with Gasteiger partial charge in [0.1, 0.15) is 27.8 Å². The molecule has 1 spiro atoms. The highest BCUT2D eigenvalue weighted by molar-refractivity contribution is 6.35. The number of ketones is 2. The number of aliphatic hydroxyl groups excluding tert-OH is 1. The molecule has 0 saturated heterocycles. The van der Waals surface area contributed by atoms with E-state index in [1.807, 2.05) is 24.3 Å². The highest BCUT2D eigenvalue weighted by Crippen LogP contribution is 2.56. The standard InChI is InChI=1S/C36H37ClO11/c1-19-16-24(38)29(34(40)36(19)35(41)30-26(44-4)18-27(45-5)31(37)33(30)48-36)23(17-28(39)46-6)22-8-7-9-25(43-3)32(22)47-15-14-20-10-12-21(42-2)13-11-20/h7-13,18-19,23,40H,14-17H2,1-6H3/t19-,23+,36+/m1/s1. The summed E-state index contributed by atoms with van der Waals surface area (Å²) >= 11 is 6.60. The van der Waals surface area contributed by atoms with Crippen molar-refractivity contribution in [1.82, 2.24) is 0 Å². The monoisotopic (exact) mass is 680 g/mol. The van der Waals surface area contributed by atoms with Gasteiger partial charge in [-0.15, -0.1) is 0 Å². The summed E-state index contributed by atoms with van der Waals surface area (Å²) in [6.45, 7) is 1.84. The first-order valence-corrected chi connectivity index (χ1v) is 15.6. The molecule has 0 fully saturated rings. The van der Waals surface area contributed by atoms with E-state index in [9.17, 15) is 19.5 Å². The van der Waals surface area contributed by atoms with Gasteiger partial charge in [0.2, 0.25) is 11.4 Å². The zero-order valence-corrected chi connectivity index (χ0v) is 28.3. The molecule has 11 nitrogen and oxygen atoms in total. The van der Waals surface area contributed by atoms with Crippen LogP contribution in [0.15, 0.2) is 59.9 Å². The van der Waals surface area contributed by atoms with E-state index in [1.165, 1.54) is 34.5 Å². The lowest BCUT2D eigenvalue weighted by Gasteiger charge is -2.38. The first kappa shape index (κ1) is 34.4. The van der Waals surface area contributed by atoms with Crippen LogP contribution in [0.3, 0.4) is 0 Å². The van der Waals surface area contributed by atoms with Crippen LogP contribution in [0.5, 0.6) is 34.5 Å². The fourth-order valence-corrected chi connectivity index (χ4v) is 6.61. The van der Waals surface area contributed by atoms with Crippen molar-refractivity contribution < 1.29 is 52.6 Å². The van der Waals surface area contributed by atoms with Gasteiger partial charge in [-0.25, -0.2) is 0 Å². The number of methoxy groups -OCH3 is 5. The van der Waals surface area contributed by atoms with Gasteiger partial charge in [-0.2, -0.15) is 0 Å². The maximum atomic E-state index is 14.3. The minimum absolute atomic E-state index is 0.00317. The molecule has 3 aromatic carbocycles. The first-order valence-electron chi connectivity index (χ1n) is 15.2. The number of Topliss-reactive ketones (excluding diaryl/α,β-unsaturated/α-hetero) is 2. The largest absolute Gasteiger partial charge is 0.507 e. The zero-order chi connectivity index (χ0) is 34.7. The van der Waals surface area contributed by atoms with Crippen molar-refractivity contribution in [1.29, 1.82) is 0 Å². The Bertz CT molecular complexity index is 1760. The second-order valence-corrected chi connectivity index (χ2v) is 11.8. The fraction of sp³-hybridized carbons (Fsp3) is 0.361. The lowest BCUT2D eigenvalue weighted by Crippen LogP contribution is -2.53. The number of allylic oxidation sites excluding steroid dienone is 1. The van der Waals surface area contributed by atoms with Crippen LogP contribution in [-0.4, -0.2) is 70.4 Å². The number of carbonyl (C=O) groups excluding carboxylic acids is 3. The van der Waals surface area contributed by atoms with Crippen LogP contribution < -0.4 is 28.4 Å². The van der Waals surface area contributed by atoms with Gasteiger partial charge in [0.25, 0.3) is 0 Å². The number of benzene rings is 3. The quantitative estimate of drug-likeness (QED) is 0.223. The van der Waals surface area contributed by atoms with E-state index in [1.54, 1.807) is 32.2 Å². The summed E-state index contributed by atoms with van der Waals surface area (Å²) in [4.78, 5) is 41.2. The molecule has 12 heteroatoms. The second-order valence-electron chi connectivity index (χ2n) is 11.4. The SMILES string of the molecule is COC(=O)C[C@H](C1=C(O)[C@@]2(Oc3c(Cl)c(OC)cc(OC)c3C2=O)[C@H](C)CC1=O)c1cccc(OC)c1OCCc1ccc(OC)cc1. The average molecular weight is 681 g/mol. The van der Waals surface area contributed by atoms with Crippen LogP contribution in [0, 0.1) is 5.92 Å². The van der Waals surface area contributed by atoms with Crippen LogP contribution in [0.25, 0.3) is 0 Å². The van der Waals surface area contributed by atoms with Crippen LogP contribution >= 0.6 is 11.6 Å². The number of aliphatic hydroxyl groups is 1. The molecule has 0 amide bonds. The molecule has 1 aliphatic heterocycles. The summed E-state index contributed by atoms with van der Waals surface area (Å²) in [6, 6.07) is 14.0. The van der Waals surface area contributed by atoms with Crippen molar-refractivity contribution in [3.05, 3.63) is 81.6 Å². The van der Waals surface area contributed by atoms with Crippen molar-refractivity contribution in [3.63, 3.8) is 0 Å².